The molecule has 4 heteroatoms. The monoisotopic (exact) mass is 291 g/mol. The van der Waals surface area contributed by atoms with Gasteiger partial charge in [0.25, 0.3) is 0 Å². The molecule has 1 heterocycles. The number of nitrogens with zero attached hydrogens (tertiary/aromatic N) is 2. The first-order chi connectivity index (χ1) is 10.1. The first-order valence-corrected chi connectivity index (χ1v) is 8.18. The number of aliphatic hydroxyl groups excluding tert-OH is 1. The van der Waals surface area contributed by atoms with E-state index in [2.05, 4.69) is 37.1 Å². The zero-order valence-corrected chi connectivity index (χ0v) is 13.6. The summed E-state index contributed by atoms with van der Waals surface area (Å²) < 4.78 is 0. The summed E-state index contributed by atoms with van der Waals surface area (Å²) in [6.45, 7) is 8.15. The molecule has 2 rings (SSSR count). The van der Waals surface area contributed by atoms with Crippen LogP contribution in [0.3, 0.4) is 0 Å². The quantitative estimate of drug-likeness (QED) is 0.811. The fourth-order valence-corrected chi connectivity index (χ4v) is 3.13. The number of aryl methyl sites for hydroxylation is 1. The molecule has 0 amide bonds. The van der Waals surface area contributed by atoms with Gasteiger partial charge < -0.3 is 15.3 Å². The Balaban J connectivity index is 2.12. The molecule has 2 N–H and O–H groups in total. The van der Waals surface area contributed by atoms with E-state index < -0.39 is 0 Å². The molecule has 118 valence electrons. The lowest BCUT2D eigenvalue weighted by Crippen LogP contribution is -2.37. The van der Waals surface area contributed by atoms with E-state index >= 15 is 0 Å². The fraction of sp³-hybridized carbons (Fsp3) is 0.706. The summed E-state index contributed by atoms with van der Waals surface area (Å²) in [6, 6.07) is 3.24. The molecule has 1 fully saturated rings. The Hall–Kier alpha value is -1.13. The minimum absolute atomic E-state index is 0.189. The molecule has 0 radical (unpaired) electrons. The van der Waals surface area contributed by atoms with Gasteiger partial charge in [-0.3, -0.25) is 0 Å². The molecule has 4 nitrogen and oxygen atoms in total. The molecule has 0 aliphatic heterocycles. The highest BCUT2D eigenvalue weighted by Gasteiger charge is 2.24. The zero-order valence-electron chi connectivity index (χ0n) is 13.6. The number of pyridine rings is 1. The minimum Gasteiger partial charge on any atom is -0.395 e. The van der Waals surface area contributed by atoms with Crippen molar-refractivity contribution in [1.29, 1.82) is 0 Å². The summed E-state index contributed by atoms with van der Waals surface area (Å²) in [5, 5.41) is 12.8. The number of hydrogen-bond donors (Lipinski definition) is 2. The third-order valence-electron chi connectivity index (χ3n) is 4.20. The Kier molecular flexibility index (Phi) is 6.00. The third-order valence-corrected chi connectivity index (χ3v) is 4.20. The van der Waals surface area contributed by atoms with Crippen molar-refractivity contribution in [1.82, 2.24) is 10.3 Å². The molecule has 0 bridgehead atoms. The number of aliphatic hydroxyl groups is 1. The Morgan fingerprint density at radius 2 is 2.10 bits per heavy atom. The second-order valence-electron chi connectivity index (χ2n) is 6.37. The van der Waals surface area contributed by atoms with Gasteiger partial charge in [0.05, 0.1) is 6.61 Å². The van der Waals surface area contributed by atoms with E-state index in [1.54, 1.807) is 0 Å². The average Bonchev–Trinajstić information content (AvgIpc) is 2.97. The van der Waals surface area contributed by atoms with E-state index in [0.717, 1.165) is 12.4 Å². The van der Waals surface area contributed by atoms with Crippen LogP contribution in [0.4, 0.5) is 5.82 Å². The van der Waals surface area contributed by atoms with Crippen LogP contribution in [0.1, 0.15) is 50.7 Å². The van der Waals surface area contributed by atoms with Gasteiger partial charge >= 0.3 is 0 Å². The first-order valence-electron chi connectivity index (χ1n) is 8.18. The highest BCUT2D eigenvalue weighted by atomic mass is 16.3. The van der Waals surface area contributed by atoms with Crippen molar-refractivity contribution >= 4 is 5.82 Å². The van der Waals surface area contributed by atoms with Crippen LogP contribution in [-0.4, -0.2) is 35.3 Å². The van der Waals surface area contributed by atoms with Crippen molar-refractivity contribution in [3.05, 3.63) is 23.4 Å². The van der Waals surface area contributed by atoms with Crippen LogP contribution in [0, 0.1) is 6.92 Å². The highest BCUT2D eigenvalue weighted by molar-refractivity contribution is 5.48. The molecular formula is C17H29N3O. The molecule has 21 heavy (non-hydrogen) atoms. The van der Waals surface area contributed by atoms with Crippen molar-refractivity contribution in [3.8, 4) is 0 Å². The maximum atomic E-state index is 9.37. The lowest BCUT2D eigenvalue weighted by Gasteiger charge is -2.31. The molecule has 1 aliphatic carbocycles. The van der Waals surface area contributed by atoms with Crippen LogP contribution in [0.5, 0.6) is 0 Å². The Bertz CT molecular complexity index is 442. The predicted octanol–water partition coefficient (Wildman–Crippen LogP) is 2.63. The predicted molar refractivity (Wildman–Crippen MR) is 87.6 cm³/mol. The summed E-state index contributed by atoms with van der Waals surface area (Å²) in [4.78, 5) is 7.00. The zero-order chi connectivity index (χ0) is 15.2. The molecule has 0 aromatic carbocycles. The lowest BCUT2D eigenvalue weighted by atomic mass is 10.1. The molecule has 1 saturated carbocycles. The molecule has 1 aromatic heterocycles. The Morgan fingerprint density at radius 1 is 1.38 bits per heavy atom. The van der Waals surface area contributed by atoms with Crippen LogP contribution in [0.2, 0.25) is 0 Å². The Labute approximate surface area is 128 Å². The van der Waals surface area contributed by atoms with E-state index in [0.29, 0.717) is 18.6 Å². The van der Waals surface area contributed by atoms with Crippen molar-refractivity contribution in [3.63, 3.8) is 0 Å². The van der Waals surface area contributed by atoms with Gasteiger partial charge in [-0.1, -0.05) is 26.7 Å². The molecule has 0 atom stereocenters. The molecule has 1 aromatic rings. The van der Waals surface area contributed by atoms with E-state index in [-0.39, 0.29) is 6.61 Å². The first kappa shape index (κ1) is 16.2. The van der Waals surface area contributed by atoms with E-state index in [4.69, 9.17) is 4.98 Å². The highest BCUT2D eigenvalue weighted by Crippen LogP contribution is 2.29. The smallest absolute Gasteiger partial charge is 0.131 e. The van der Waals surface area contributed by atoms with Gasteiger partial charge in [0.1, 0.15) is 5.82 Å². The Morgan fingerprint density at radius 3 is 2.67 bits per heavy atom. The van der Waals surface area contributed by atoms with Gasteiger partial charge in [0.15, 0.2) is 0 Å². The van der Waals surface area contributed by atoms with Gasteiger partial charge in [-0.15, -0.1) is 0 Å². The van der Waals surface area contributed by atoms with Gasteiger partial charge in [-0.25, -0.2) is 4.98 Å². The number of nitrogens with one attached hydrogen (secondary N) is 1. The average molecular weight is 291 g/mol. The van der Waals surface area contributed by atoms with Crippen LogP contribution in [-0.2, 0) is 6.54 Å². The summed E-state index contributed by atoms with van der Waals surface area (Å²) in [6.07, 6.45) is 7.00. The van der Waals surface area contributed by atoms with Crippen LogP contribution < -0.4 is 10.2 Å². The second-order valence-corrected chi connectivity index (χ2v) is 6.37. The lowest BCUT2D eigenvalue weighted by molar-refractivity contribution is 0.296. The fourth-order valence-electron chi connectivity index (χ4n) is 3.13. The standard InChI is InChI=1S/C17H29N3O/c1-13(2)18-11-15-10-14(3)17(19-12-15)20(8-9-21)16-6-4-5-7-16/h10,12-13,16,18,21H,4-9,11H2,1-3H3. The second kappa shape index (κ2) is 7.76. The summed E-state index contributed by atoms with van der Waals surface area (Å²) in [5.74, 6) is 1.05. The number of hydrogen-bond acceptors (Lipinski definition) is 4. The van der Waals surface area contributed by atoms with Crippen LogP contribution in [0.15, 0.2) is 12.3 Å². The summed E-state index contributed by atoms with van der Waals surface area (Å²) in [7, 11) is 0. The van der Waals surface area contributed by atoms with Gasteiger partial charge in [-0.05, 0) is 37.0 Å². The normalized spacial score (nSPS) is 15.9. The van der Waals surface area contributed by atoms with Crippen LogP contribution >= 0.6 is 0 Å². The van der Waals surface area contributed by atoms with Crippen molar-refractivity contribution < 1.29 is 5.11 Å². The van der Waals surface area contributed by atoms with E-state index in [1.807, 2.05) is 6.20 Å². The summed E-state index contributed by atoms with van der Waals surface area (Å²) >= 11 is 0. The van der Waals surface area contributed by atoms with Gasteiger partial charge in [0.2, 0.25) is 0 Å². The van der Waals surface area contributed by atoms with E-state index in [1.165, 1.54) is 36.8 Å². The van der Waals surface area contributed by atoms with Crippen LogP contribution in [0.25, 0.3) is 0 Å². The minimum atomic E-state index is 0.189. The molecular weight excluding hydrogens is 262 g/mol. The number of rotatable bonds is 7. The maximum Gasteiger partial charge on any atom is 0.131 e. The van der Waals surface area contributed by atoms with Crippen molar-refractivity contribution in [2.24, 2.45) is 0 Å². The summed E-state index contributed by atoms with van der Waals surface area (Å²) in [5.41, 5.74) is 2.43. The largest absolute Gasteiger partial charge is 0.395 e. The maximum absolute atomic E-state index is 9.37. The van der Waals surface area contributed by atoms with Gasteiger partial charge in [0, 0.05) is 31.4 Å². The van der Waals surface area contributed by atoms with Crippen molar-refractivity contribution in [2.75, 3.05) is 18.1 Å². The molecule has 0 unspecified atom stereocenters. The van der Waals surface area contributed by atoms with Gasteiger partial charge in [-0.2, -0.15) is 0 Å². The molecule has 1 aliphatic rings. The number of aromatic nitrogens is 1. The topological polar surface area (TPSA) is 48.4 Å². The SMILES string of the molecule is Cc1cc(CNC(C)C)cnc1N(CCO)C1CCCC1. The number of anilines is 1. The third kappa shape index (κ3) is 4.42. The molecule has 0 spiro atoms. The van der Waals surface area contributed by atoms with Crippen molar-refractivity contribution in [2.45, 2.75) is 65.1 Å². The molecule has 0 saturated heterocycles. The van der Waals surface area contributed by atoms with E-state index in [9.17, 15) is 5.11 Å².